The maximum Gasteiger partial charge on any atom is 0.0987 e. The molecule has 3 nitrogen and oxygen atoms in total. The molecule has 0 radical (unpaired) electrons. The van der Waals surface area contributed by atoms with Crippen LogP contribution in [0.15, 0.2) is 0 Å². The highest BCUT2D eigenvalue weighted by molar-refractivity contribution is 5.16. The third-order valence-electron chi connectivity index (χ3n) is 4.08. The summed E-state index contributed by atoms with van der Waals surface area (Å²) in [6, 6.07) is 0. The number of aliphatic hydroxyl groups is 2. The fourth-order valence-electron chi connectivity index (χ4n) is 2.94. The smallest absolute Gasteiger partial charge is 0.0987 e. The summed E-state index contributed by atoms with van der Waals surface area (Å²) < 4.78 is 5.57. The molecule has 1 saturated heterocycles. The Bertz CT molecular complexity index is 247. The zero-order chi connectivity index (χ0) is 10.6. The molecule has 0 aromatic heterocycles. The number of aliphatic hydroxyl groups excluding tert-OH is 1. The van der Waals surface area contributed by atoms with Crippen LogP contribution in [0.5, 0.6) is 0 Å². The van der Waals surface area contributed by atoms with E-state index in [1.807, 2.05) is 13.8 Å². The van der Waals surface area contributed by atoms with Crippen molar-refractivity contribution in [2.75, 3.05) is 13.2 Å². The van der Waals surface area contributed by atoms with E-state index in [0.717, 1.165) is 6.42 Å². The minimum Gasteiger partial charge on any atom is -0.396 e. The van der Waals surface area contributed by atoms with E-state index in [9.17, 15) is 10.2 Å². The molecule has 1 aliphatic heterocycles. The summed E-state index contributed by atoms with van der Waals surface area (Å²) in [5, 5.41) is 19.9. The van der Waals surface area contributed by atoms with Gasteiger partial charge in [0.05, 0.1) is 24.4 Å². The van der Waals surface area contributed by atoms with Crippen LogP contribution in [-0.2, 0) is 4.74 Å². The van der Waals surface area contributed by atoms with Crippen molar-refractivity contribution >= 4 is 0 Å². The molecule has 14 heavy (non-hydrogen) atoms. The first-order valence-corrected chi connectivity index (χ1v) is 5.32. The van der Waals surface area contributed by atoms with Gasteiger partial charge >= 0.3 is 0 Å². The molecule has 2 aliphatic rings. The predicted octanol–water partition coefficient (Wildman–Crippen LogP) is 0.935. The molecule has 1 aliphatic carbocycles. The van der Waals surface area contributed by atoms with Crippen LogP contribution in [0.4, 0.5) is 0 Å². The van der Waals surface area contributed by atoms with Crippen molar-refractivity contribution in [2.45, 2.75) is 44.8 Å². The first kappa shape index (κ1) is 10.4. The van der Waals surface area contributed by atoms with Crippen molar-refractivity contribution in [3.63, 3.8) is 0 Å². The van der Waals surface area contributed by atoms with E-state index >= 15 is 0 Å². The highest BCUT2D eigenvalue weighted by Gasteiger charge is 2.67. The van der Waals surface area contributed by atoms with E-state index in [1.54, 1.807) is 0 Å². The van der Waals surface area contributed by atoms with Gasteiger partial charge in [-0.1, -0.05) is 6.92 Å². The maximum absolute atomic E-state index is 10.5. The average Bonchev–Trinajstić information content (AvgIpc) is 2.66. The lowest BCUT2D eigenvalue weighted by Gasteiger charge is -2.32. The van der Waals surface area contributed by atoms with Crippen LogP contribution in [0.25, 0.3) is 0 Å². The van der Waals surface area contributed by atoms with Gasteiger partial charge in [0.25, 0.3) is 0 Å². The number of rotatable bonds is 2. The summed E-state index contributed by atoms with van der Waals surface area (Å²) in [5.41, 5.74) is -1.36. The second-order valence-corrected chi connectivity index (χ2v) is 5.68. The van der Waals surface area contributed by atoms with Crippen molar-refractivity contribution in [2.24, 2.45) is 11.3 Å². The van der Waals surface area contributed by atoms with Crippen molar-refractivity contribution < 1.29 is 14.9 Å². The van der Waals surface area contributed by atoms with E-state index in [1.165, 1.54) is 0 Å². The van der Waals surface area contributed by atoms with Crippen LogP contribution in [0.3, 0.4) is 0 Å². The van der Waals surface area contributed by atoms with Crippen molar-refractivity contribution in [1.82, 2.24) is 0 Å². The Morgan fingerprint density at radius 3 is 2.29 bits per heavy atom. The topological polar surface area (TPSA) is 49.7 Å². The van der Waals surface area contributed by atoms with Gasteiger partial charge in [-0.2, -0.15) is 0 Å². The normalized spacial score (nSPS) is 50.8. The van der Waals surface area contributed by atoms with E-state index in [0.29, 0.717) is 18.9 Å². The Balaban J connectivity index is 2.19. The third-order valence-corrected chi connectivity index (χ3v) is 4.08. The van der Waals surface area contributed by atoms with Gasteiger partial charge in [0.1, 0.15) is 0 Å². The first-order valence-electron chi connectivity index (χ1n) is 5.32. The zero-order valence-electron chi connectivity index (χ0n) is 9.21. The largest absolute Gasteiger partial charge is 0.396 e. The lowest BCUT2D eigenvalue weighted by atomic mass is 9.79. The Morgan fingerprint density at radius 1 is 1.43 bits per heavy atom. The summed E-state index contributed by atoms with van der Waals surface area (Å²) >= 11 is 0. The fraction of sp³-hybridized carbons (Fsp3) is 1.00. The van der Waals surface area contributed by atoms with Gasteiger partial charge in [0.2, 0.25) is 0 Å². The molecule has 2 rings (SSSR count). The first-order chi connectivity index (χ1) is 6.35. The summed E-state index contributed by atoms with van der Waals surface area (Å²) in [6.07, 6.45) is 1.55. The molecule has 3 atom stereocenters. The summed E-state index contributed by atoms with van der Waals surface area (Å²) in [7, 11) is 0. The van der Waals surface area contributed by atoms with Crippen LogP contribution in [0, 0.1) is 11.3 Å². The number of hydrogen-bond donors (Lipinski definition) is 2. The van der Waals surface area contributed by atoms with Gasteiger partial charge < -0.3 is 14.9 Å². The molecule has 0 spiro atoms. The number of hydrogen-bond acceptors (Lipinski definition) is 3. The Kier molecular flexibility index (Phi) is 2.02. The Labute approximate surface area is 85.1 Å². The summed E-state index contributed by atoms with van der Waals surface area (Å²) in [6.45, 7) is 6.50. The van der Waals surface area contributed by atoms with E-state index in [4.69, 9.17) is 4.74 Å². The van der Waals surface area contributed by atoms with Crippen LogP contribution in [-0.4, -0.2) is 34.6 Å². The van der Waals surface area contributed by atoms with Gasteiger partial charge in [-0.25, -0.2) is 0 Å². The molecule has 2 fully saturated rings. The van der Waals surface area contributed by atoms with Crippen LogP contribution < -0.4 is 0 Å². The van der Waals surface area contributed by atoms with E-state index < -0.39 is 5.60 Å². The standard InChI is InChI=1S/C11H20O3/c1-8-4-10(8,6-12)11(13)5-9(2,3)14-7-11/h8,12-13H,4-7H2,1-3H3. The molecular formula is C11H20O3. The molecule has 0 aromatic rings. The maximum atomic E-state index is 10.5. The minimum atomic E-state index is -0.815. The summed E-state index contributed by atoms with van der Waals surface area (Å²) in [4.78, 5) is 0. The van der Waals surface area contributed by atoms with Gasteiger partial charge in [0.15, 0.2) is 0 Å². The second-order valence-electron chi connectivity index (χ2n) is 5.68. The second kappa shape index (κ2) is 2.71. The van der Waals surface area contributed by atoms with Crippen LogP contribution in [0.2, 0.25) is 0 Å². The average molecular weight is 200 g/mol. The third kappa shape index (κ3) is 1.23. The summed E-state index contributed by atoms with van der Waals surface area (Å²) in [5.74, 6) is 0.412. The number of ether oxygens (including phenoxy) is 1. The Hall–Kier alpha value is -0.120. The van der Waals surface area contributed by atoms with E-state index in [-0.39, 0.29) is 17.6 Å². The molecule has 2 N–H and O–H groups in total. The van der Waals surface area contributed by atoms with Gasteiger partial charge in [-0.15, -0.1) is 0 Å². The van der Waals surface area contributed by atoms with Crippen molar-refractivity contribution in [3.8, 4) is 0 Å². The zero-order valence-corrected chi connectivity index (χ0v) is 9.21. The highest BCUT2D eigenvalue weighted by Crippen LogP contribution is 2.62. The Morgan fingerprint density at radius 2 is 2.00 bits per heavy atom. The highest BCUT2D eigenvalue weighted by atomic mass is 16.5. The van der Waals surface area contributed by atoms with Crippen LogP contribution >= 0.6 is 0 Å². The molecule has 1 saturated carbocycles. The van der Waals surface area contributed by atoms with E-state index in [2.05, 4.69) is 6.92 Å². The van der Waals surface area contributed by atoms with Gasteiger partial charge in [-0.05, 0) is 26.2 Å². The monoisotopic (exact) mass is 200 g/mol. The molecule has 3 unspecified atom stereocenters. The fourth-order valence-corrected chi connectivity index (χ4v) is 2.94. The lowest BCUT2D eigenvalue weighted by molar-refractivity contribution is -0.0660. The van der Waals surface area contributed by atoms with Crippen molar-refractivity contribution in [3.05, 3.63) is 0 Å². The molecule has 0 bridgehead atoms. The molecule has 1 heterocycles. The van der Waals surface area contributed by atoms with Crippen molar-refractivity contribution in [1.29, 1.82) is 0 Å². The molecule has 82 valence electrons. The molecule has 3 heteroatoms. The molecule has 0 aromatic carbocycles. The SMILES string of the molecule is CC1CC1(CO)C1(O)COC(C)(C)C1. The minimum absolute atomic E-state index is 0.0735. The quantitative estimate of drug-likeness (QED) is 0.697. The predicted molar refractivity (Wildman–Crippen MR) is 52.9 cm³/mol. The molecular weight excluding hydrogens is 180 g/mol. The van der Waals surface area contributed by atoms with Gasteiger partial charge in [0, 0.05) is 11.8 Å². The van der Waals surface area contributed by atoms with Crippen LogP contribution in [0.1, 0.15) is 33.6 Å². The van der Waals surface area contributed by atoms with Gasteiger partial charge in [-0.3, -0.25) is 0 Å². The molecule has 0 amide bonds. The lowest BCUT2D eigenvalue weighted by Crippen LogP contribution is -2.44.